The highest BCUT2D eigenvalue weighted by Crippen LogP contribution is 2.19. The van der Waals surface area contributed by atoms with Crippen molar-refractivity contribution in [3.63, 3.8) is 0 Å². The molecule has 0 aromatic heterocycles. The van der Waals surface area contributed by atoms with Crippen molar-refractivity contribution < 1.29 is 0 Å². The Labute approximate surface area is 91.1 Å². The molecule has 0 aliphatic carbocycles. The van der Waals surface area contributed by atoms with Gasteiger partial charge in [-0.15, -0.1) is 0 Å². The Morgan fingerprint density at radius 2 is 1.79 bits per heavy atom. The van der Waals surface area contributed by atoms with Gasteiger partial charge < -0.3 is 5.73 Å². The molecule has 0 saturated carbocycles. The van der Waals surface area contributed by atoms with E-state index in [1.807, 2.05) is 11.8 Å². The average Bonchev–Trinajstić information content (AvgIpc) is 2.15. The van der Waals surface area contributed by atoms with Crippen molar-refractivity contribution in [1.82, 2.24) is 0 Å². The summed E-state index contributed by atoms with van der Waals surface area (Å²) in [4.78, 5) is 0. The van der Waals surface area contributed by atoms with Crippen LogP contribution < -0.4 is 5.73 Å². The van der Waals surface area contributed by atoms with Crippen LogP contribution in [0.15, 0.2) is 24.3 Å². The number of aryl methyl sites for hydroxylation is 1. The van der Waals surface area contributed by atoms with Gasteiger partial charge in [-0.2, -0.15) is 11.8 Å². The summed E-state index contributed by atoms with van der Waals surface area (Å²) in [6.07, 6.45) is 0. The van der Waals surface area contributed by atoms with Gasteiger partial charge >= 0.3 is 0 Å². The van der Waals surface area contributed by atoms with Gasteiger partial charge in [-0.25, -0.2) is 0 Å². The molecule has 0 aliphatic rings. The minimum absolute atomic E-state index is 0.169. The molecule has 1 aromatic carbocycles. The van der Waals surface area contributed by atoms with Gasteiger partial charge in [-0.1, -0.05) is 43.7 Å². The van der Waals surface area contributed by atoms with Crippen molar-refractivity contribution in [3.8, 4) is 0 Å². The van der Waals surface area contributed by atoms with Crippen molar-refractivity contribution in [2.45, 2.75) is 32.1 Å². The molecule has 0 aliphatic heterocycles. The van der Waals surface area contributed by atoms with Crippen molar-refractivity contribution >= 4 is 11.8 Å². The van der Waals surface area contributed by atoms with Gasteiger partial charge in [0.25, 0.3) is 0 Å². The van der Waals surface area contributed by atoms with E-state index in [2.05, 4.69) is 45.0 Å². The third kappa shape index (κ3) is 3.72. The summed E-state index contributed by atoms with van der Waals surface area (Å²) < 4.78 is 0. The first-order valence-electron chi connectivity index (χ1n) is 5.03. The van der Waals surface area contributed by atoms with E-state index in [0.717, 1.165) is 5.75 Å². The lowest BCUT2D eigenvalue weighted by molar-refractivity contribution is 0.828. The highest BCUT2D eigenvalue weighted by atomic mass is 32.2. The highest BCUT2D eigenvalue weighted by Gasteiger charge is 2.06. The van der Waals surface area contributed by atoms with Gasteiger partial charge in [0.15, 0.2) is 0 Å². The molecular formula is C12H19NS. The summed E-state index contributed by atoms with van der Waals surface area (Å²) in [5.74, 6) is 1.00. The zero-order valence-corrected chi connectivity index (χ0v) is 9.97. The molecule has 14 heavy (non-hydrogen) atoms. The second-order valence-corrected chi connectivity index (χ2v) is 5.51. The van der Waals surface area contributed by atoms with Gasteiger partial charge in [-0.05, 0) is 17.7 Å². The van der Waals surface area contributed by atoms with Gasteiger partial charge in [-0.3, -0.25) is 0 Å². The van der Waals surface area contributed by atoms with Gasteiger partial charge in [0.1, 0.15) is 0 Å². The van der Waals surface area contributed by atoms with Crippen LogP contribution in [-0.2, 0) is 0 Å². The highest BCUT2D eigenvalue weighted by molar-refractivity contribution is 7.99. The van der Waals surface area contributed by atoms with Crippen LogP contribution in [0.3, 0.4) is 0 Å². The summed E-state index contributed by atoms with van der Waals surface area (Å²) in [5.41, 5.74) is 8.60. The summed E-state index contributed by atoms with van der Waals surface area (Å²) >= 11 is 1.91. The van der Waals surface area contributed by atoms with Crippen LogP contribution in [0.1, 0.15) is 31.0 Å². The predicted octanol–water partition coefficient (Wildman–Crippen LogP) is 3.14. The van der Waals surface area contributed by atoms with Crippen LogP contribution in [-0.4, -0.2) is 11.0 Å². The fraction of sp³-hybridized carbons (Fsp3) is 0.500. The van der Waals surface area contributed by atoms with E-state index in [1.165, 1.54) is 11.1 Å². The van der Waals surface area contributed by atoms with Crippen molar-refractivity contribution in [2.75, 3.05) is 5.75 Å². The molecule has 2 heteroatoms. The van der Waals surface area contributed by atoms with Crippen molar-refractivity contribution in [3.05, 3.63) is 35.4 Å². The first kappa shape index (κ1) is 11.6. The molecule has 1 aromatic rings. The Balaban J connectivity index is 2.52. The zero-order valence-electron chi connectivity index (χ0n) is 9.16. The SMILES string of the molecule is Cc1ccc(C(N)CSC(C)C)cc1. The number of hydrogen-bond donors (Lipinski definition) is 1. The van der Waals surface area contributed by atoms with Crippen molar-refractivity contribution in [1.29, 1.82) is 0 Å². The Morgan fingerprint density at radius 1 is 1.21 bits per heavy atom. The molecule has 2 N–H and O–H groups in total. The van der Waals surface area contributed by atoms with Crippen molar-refractivity contribution in [2.24, 2.45) is 5.73 Å². The van der Waals surface area contributed by atoms with Crippen LogP contribution in [0.25, 0.3) is 0 Å². The Kier molecular flexibility index (Phi) is 4.49. The first-order valence-corrected chi connectivity index (χ1v) is 6.08. The van der Waals surface area contributed by atoms with Crippen LogP contribution in [0.5, 0.6) is 0 Å². The largest absolute Gasteiger partial charge is 0.323 e. The molecule has 0 amide bonds. The van der Waals surface area contributed by atoms with Gasteiger partial charge in [0, 0.05) is 11.8 Å². The molecule has 1 nitrogen and oxygen atoms in total. The number of nitrogens with two attached hydrogens (primary N) is 1. The smallest absolute Gasteiger partial charge is 0.0386 e. The standard InChI is InChI=1S/C12H19NS/c1-9(2)14-8-12(13)11-6-4-10(3)5-7-11/h4-7,9,12H,8,13H2,1-3H3. The maximum atomic E-state index is 6.07. The third-order valence-corrected chi connectivity index (χ3v) is 3.33. The number of hydrogen-bond acceptors (Lipinski definition) is 2. The summed E-state index contributed by atoms with van der Waals surface area (Å²) in [7, 11) is 0. The van der Waals surface area contributed by atoms with E-state index < -0.39 is 0 Å². The fourth-order valence-electron chi connectivity index (χ4n) is 1.21. The average molecular weight is 209 g/mol. The fourth-order valence-corrected chi connectivity index (χ4v) is 1.99. The normalized spacial score (nSPS) is 13.2. The number of thioether (sulfide) groups is 1. The molecule has 0 radical (unpaired) electrons. The zero-order chi connectivity index (χ0) is 10.6. The number of rotatable bonds is 4. The molecule has 0 bridgehead atoms. The molecule has 0 spiro atoms. The first-order chi connectivity index (χ1) is 6.59. The van der Waals surface area contributed by atoms with Crippen LogP contribution in [0, 0.1) is 6.92 Å². The topological polar surface area (TPSA) is 26.0 Å². The van der Waals surface area contributed by atoms with E-state index in [1.54, 1.807) is 0 Å². The van der Waals surface area contributed by atoms with E-state index in [4.69, 9.17) is 5.73 Å². The Hall–Kier alpha value is -0.470. The number of benzene rings is 1. The summed E-state index contributed by atoms with van der Waals surface area (Å²) in [6.45, 7) is 6.50. The lowest BCUT2D eigenvalue weighted by Crippen LogP contribution is -2.14. The lowest BCUT2D eigenvalue weighted by atomic mass is 10.1. The quantitative estimate of drug-likeness (QED) is 0.824. The lowest BCUT2D eigenvalue weighted by Gasteiger charge is -2.13. The second-order valence-electron chi connectivity index (χ2n) is 3.90. The van der Waals surface area contributed by atoms with Gasteiger partial charge in [0.2, 0.25) is 0 Å². The van der Waals surface area contributed by atoms with Crippen LogP contribution >= 0.6 is 11.8 Å². The van der Waals surface area contributed by atoms with E-state index >= 15 is 0 Å². The molecule has 0 saturated heterocycles. The molecule has 78 valence electrons. The molecule has 1 rings (SSSR count). The van der Waals surface area contributed by atoms with E-state index in [-0.39, 0.29) is 6.04 Å². The monoisotopic (exact) mass is 209 g/mol. The Bertz CT molecular complexity index is 266. The maximum Gasteiger partial charge on any atom is 0.0386 e. The molecular weight excluding hydrogens is 190 g/mol. The minimum Gasteiger partial charge on any atom is -0.323 e. The van der Waals surface area contributed by atoms with Crippen LogP contribution in [0.4, 0.5) is 0 Å². The van der Waals surface area contributed by atoms with E-state index in [0.29, 0.717) is 5.25 Å². The second kappa shape index (κ2) is 5.42. The predicted molar refractivity (Wildman–Crippen MR) is 65.7 cm³/mol. The van der Waals surface area contributed by atoms with E-state index in [9.17, 15) is 0 Å². The molecule has 0 fully saturated rings. The molecule has 0 heterocycles. The molecule has 1 unspecified atom stereocenters. The summed E-state index contributed by atoms with van der Waals surface area (Å²) in [6, 6.07) is 8.66. The Morgan fingerprint density at radius 3 is 2.29 bits per heavy atom. The molecule has 1 atom stereocenters. The third-order valence-electron chi connectivity index (χ3n) is 2.11. The summed E-state index contributed by atoms with van der Waals surface area (Å²) in [5, 5.41) is 0.659. The van der Waals surface area contributed by atoms with Crippen LogP contribution in [0.2, 0.25) is 0 Å². The minimum atomic E-state index is 0.169. The van der Waals surface area contributed by atoms with Gasteiger partial charge in [0.05, 0.1) is 0 Å². The maximum absolute atomic E-state index is 6.07.